The highest BCUT2D eigenvalue weighted by molar-refractivity contribution is 6.31. The average molecular weight is 334 g/mol. The molecule has 116 valence electrons. The number of halogens is 2. The highest BCUT2D eigenvalue weighted by Gasteiger charge is 2.29. The van der Waals surface area contributed by atoms with E-state index in [0.29, 0.717) is 13.1 Å². The van der Waals surface area contributed by atoms with E-state index in [2.05, 4.69) is 0 Å². The van der Waals surface area contributed by atoms with Gasteiger partial charge in [0.15, 0.2) is 0 Å². The van der Waals surface area contributed by atoms with Gasteiger partial charge in [-0.15, -0.1) is 12.4 Å². The van der Waals surface area contributed by atoms with Gasteiger partial charge in [0, 0.05) is 41.9 Å². The Bertz CT molecular complexity index is 551. The summed E-state index contributed by atoms with van der Waals surface area (Å²) in [6.07, 6.45) is 0.853. The average Bonchev–Trinajstić information content (AvgIpc) is 2.86. The lowest BCUT2D eigenvalue weighted by atomic mass is 10.0. The molecule has 21 heavy (non-hydrogen) atoms. The Hall–Kier alpha value is -1.37. The van der Waals surface area contributed by atoms with Crippen molar-refractivity contribution in [3.8, 4) is 0 Å². The van der Waals surface area contributed by atoms with E-state index in [4.69, 9.17) is 17.3 Å². The van der Waals surface area contributed by atoms with Gasteiger partial charge in [0.2, 0.25) is 0 Å². The lowest BCUT2D eigenvalue weighted by Gasteiger charge is -2.18. The van der Waals surface area contributed by atoms with Gasteiger partial charge in [-0.25, -0.2) is 0 Å². The second kappa shape index (κ2) is 7.06. The Morgan fingerprint density at radius 3 is 2.71 bits per heavy atom. The van der Waals surface area contributed by atoms with Crippen molar-refractivity contribution >= 4 is 35.6 Å². The maximum absolute atomic E-state index is 12.3. The summed E-state index contributed by atoms with van der Waals surface area (Å²) in [5.41, 5.74) is 5.91. The summed E-state index contributed by atoms with van der Waals surface area (Å²) in [5.74, 6) is 0.0341. The highest BCUT2D eigenvalue weighted by atomic mass is 35.5. The number of rotatable bonds is 3. The van der Waals surface area contributed by atoms with E-state index in [9.17, 15) is 14.9 Å². The van der Waals surface area contributed by atoms with Crippen LogP contribution in [-0.2, 0) is 0 Å². The third-order valence-corrected chi connectivity index (χ3v) is 3.81. The van der Waals surface area contributed by atoms with E-state index in [1.54, 1.807) is 4.90 Å². The Kier molecular flexibility index (Phi) is 5.95. The van der Waals surface area contributed by atoms with Crippen LogP contribution in [0, 0.1) is 16.0 Å². The smallest absolute Gasteiger partial charge is 0.271 e. The zero-order valence-electron chi connectivity index (χ0n) is 11.5. The van der Waals surface area contributed by atoms with Gasteiger partial charge in [0.1, 0.15) is 0 Å². The Balaban J connectivity index is 0.00000220. The Morgan fingerprint density at radius 1 is 1.52 bits per heavy atom. The molecule has 1 aliphatic heterocycles. The second-order valence-electron chi connectivity index (χ2n) is 5.11. The van der Waals surface area contributed by atoms with Crippen LogP contribution in [0.2, 0.25) is 5.02 Å². The van der Waals surface area contributed by atoms with Crippen LogP contribution >= 0.6 is 24.0 Å². The van der Waals surface area contributed by atoms with E-state index in [-0.39, 0.29) is 46.5 Å². The topological polar surface area (TPSA) is 89.5 Å². The van der Waals surface area contributed by atoms with Gasteiger partial charge in [-0.2, -0.15) is 0 Å². The summed E-state index contributed by atoms with van der Waals surface area (Å²) in [6, 6.07) is 3.97. The first kappa shape index (κ1) is 17.7. The predicted octanol–water partition coefficient (Wildman–Crippen LogP) is 2.48. The first-order valence-electron chi connectivity index (χ1n) is 6.38. The fourth-order valence-corrected chi connectivity index (χ4v) is 2.62. The molecule has 1 heterocycles. The molecular weight excluding hydrogens is 317 g/mol. The maximum Gasteiger partial charge on any atom is 0.271 e. The van der Waals surface area contributed by atoms with Crippen LogP contribution in [0.25, 0.3) is 0 Å². The molecular formula is C13H17Cl2N3O3. The number of nitro groups is 1. The summed E-state index contributed by atoms with van der Waals surface area (Å²) in [6.45, 7) is 3.12. The largest absolute Gasteiger partial charge is 0.338 e. The van der Waals surface area contributed by atoms with Crippen molar-refractivity contribution in [3.63, 3.8) is 0 Å². The fraction of sp³-hybridized carbons (Fsp3) is 0.462. The van der Waals surface area contributed by atoms with Crippen LogP contribution in [-0.4, -0.2) is 34.9 Å². The van der Waals surface area contributed by atoms with E-state index in [1.807, 2.05) is 6.92 Å². The van der Waals surface area contributed by atoms with Crippen LogP contribution in [0.3, 0.4) is 0 Å². The zero-order valence-corrected chi connectivity index (χ0v) is 13.1. The first-order valence-corrected chi connectivity index (χ1v) is 6.76. The summed E-state index contributed by atoms with van der Waals surface area (Å²) in [4.78, 5) is 24.3. The summed E-state index contributed by atoms with van der Waals surface area (Å²) in [7, 11) is 0. The molecule has 0 saturated carbocycles. The number of amides is 1. The second-order valence-corrected chi connectivity index (χ2v) is 5.55. The van der Waals surface area contributed by atoms with Crippen molar-refractivity contribution in [1.82, 2.24) is 4.90 Å². The van der Waals surface area contributed by atoms with E-state index in [1.165, 1.54) is 18.2 Å². The van der Waals surface area contributed by atoms with Gasteiger partial charge in [-0.05, 0) is 25.3 Å². The maximum atomic E-state index is 12.3. The van der Waals surface area contributed by atoms with Gasteiger partial charge in [-0.1, -0.05) is 11.6 Å². The minimum absolute atomic E-state index is 0. The standard InChI is InChI=1S/C13H16ClN3O3.ClH/c1-8(15)9-2-3-16(7-9)13(18)10-4-11(14)6-12(5-10)17(19)20;/h4-6,8-9H,2-3,7,15H2,1H3;1H. The van der Waals surface area contributed by atoms with Gasteiger partial charge >= 0.3 is 0 Å². The minimum Gasteiger partial charge on any atom is -0.338 e. The predicted molar refractivity (Wildman–Crippen MR) is 83.0 cm³/mol. The molecule has 0 aliphatic carbocycles. The molecule has 0 aromatic heterocycles. The summed E-state index contributed by atoms with van der Waals surface area (Å²) >= 11 is 5.83. The Labute approximate surface area is 133 Å². The van der Waals surface area contributed by atoms with Crippen molar-refractivity contribution in [2.24, 2.45) is 11.7 Å². The number of non-ortho nitro benzene ring substituents is 1. The number of nitrogens with zero attached hydrogens (tertiary/aromatic N) is 2. The van der Waals surface area contributed by atoms with Crippen molar-refractivity contribution in [3.05, 3.63) is 38.9 Å². The van der Waals surface area contributed by atoms with Crippen LogP contribution in [0.1, 0.15) is 23.7 Å². The number of carbonyl (C=O) groups is 1. The van der Waals surface area contributed by atoms with Crippen LogP contribution in [0.4, 0.5) is 5.69 Å². The lowest BCUT2D eigenvalue weighted by Crippen LogP contribution is -2.33. The van der Waals surface area contributed by atoms with Crippen LogP contribution < -0.4 is 5.73 Å². The number of hydrogen-bond donors (Lipinski definition) is 1. The molecule has 1 aromatic carbocycles. The molecule has 2 atom stereocenters. The van der Waals surface area contributed by atoms with Gasteiger partial charge in [-0.3, -0.25) is 14.9 Å². The summed E-state index contributed by atoms with van der Waals surface area (Å²) < 4.78 is 0. The van der Waals surface area contributed by atoms with Crippen molar-refractivity contribution in [2.45, 2.75) is 19.4 Å². The molecule has 2 unspecified atom stereocenters. The molecule has 1 amide bonds. The Morgan fingerprint density at radius 2 is 2.19 bits per heavy atom. The molecule has 8 heteroatoms. The number of nitro benzene ring substituents is 1. The molecule has 1 fully saturated rings. The van der Waals surface area contributed by atoms with Gasteiger partial charge < -0.3 is 10.6 Å². The van der Waals surface area contributed by atoms with E-state index >= 15 is 0 Å². The first-order chi connectivity index (χ1) is 9.38. The van der Waals surface area contributed by atoms with Crippen molar-refractivity contribution < 1.29 is 9.72 Å². The summed E-state index contributed by atoms with van der Waals surface area (Å²) in [5, 5.41) is 11.0. The minimum atomic E-state index is -0.558. The third kappa shape index (κ3) is 4.06. The van der Waals surface area contributed by atoms with Crippen molar-refractivity contribution in [1.29, 1.82) is 0 Å². The monoisotopic (exact) mass is 333 g/mol. The van der Waals surface area contributed by atoms with E-state index < -0.39 is 4.92 Å². The SMILES string of the molecule is CC(N)C1CCN(C(=O)c2cc(Cl)cc([N+](=O)[O-])c2)C1.Cl. The molecule has 1 aromatic rings. The molecule has 0 radical (unpaired) electrons. The zero-order chi connectivity index (χ0) is 14.9. The number of carbonyl (C=O) groups excluding carboxylic acids is 1. The quantitative estimate of drug-likeness (QED) is 0.679. The van der Waals surface area contributed by atoms with Crippen molar-refractivity contribution in [2.75, 3.05) is 13.1 Å². The fourth-order valence-electron chi connectivity index (χ4n) is 2.39. The highest BCUT2D eigenvalue weighted by Crippen LogP contribution is 2.25. The molecule has 2 rings (SSSR count). The number of benzene rings is 1. The van der Waals surface area contributed by atoms with Gasteiger partial charge in [0.25, 0.3) is 11.6 Å². The van der Waals surface area contributed by atoms with Crippen LogP contribution in [0.5, 0.6) is 0 Å². The molecule has 2 N–H and O–H groups in total. The molecule has 6 nitrogen and oxygen atoms in total. The number of nitrogens with two attached hydrogens (primary N) is 1. The number of hydrogen-bond acceptors (Lipinski definition) is 4. The lowest BCUT2D eigenvalue weighted by molar-refractivity contribution is -0.384. The van der Waals surface area contributed by atoms with E-state index in [0.717, 1.165) is 6.42 Å². The third-order valence-electron chi connectivity index (χ3n) is 3.60. The molecule has 0 spiro atoms. The van der Waals surface area contributed by atoms with Crippen LogP contribution in [0.15, 0.2) is 18.2 Å². The normalized spacial score (nSPS) is 19.0. The molecule has 0 bridgehead atoms. The van der Waals surface area contributed by atoms with Gasteiger partial charge in [0.05, 0.1) is 4.92 Å². The molecule has 1 aliphatic rings. The molecule has 1 saturated heterocycles. The number of likely N-dealkylation sites (tertiary alicyclic amines) is 1.